The van der Waals surface area contributed by atoms with Crippen LogP contribution in [0.15, 0.2) is 48.5 Å². The van der Waals surface area contributed by atoms with Gasteiger partial charge in [-0.25, -0.2) is 0 Å². The Balaban J connectivity index is 2.23. The molecule has 0 bridgehead atoms. The molecule has 0 aliphatic heterocycles. The van der Waals surface area contributed by atoms with E-state index in [1.807, 2.05) is 0 Å². The fraction of sp³-hybridized carbons (Fsp3) is 0.250. The summed E-state index contributed by atoms with van der Waals surface area (Å²) >= 11 is 5.90. The van der Waals surface area contributed by atoms with E-state index in [1.165, 1.54) is 6.07 Å². The van der Waals surface area contributed by atoms with Gasteiger partial charge in [-0.05, 0) is 35.7 Å². The smallest absolute Gasteiger partial charge is 0.396 e. The number of rotatable bonds is 4. The van der Waals surface area contributed by atoms with Crippen LogP contribution in [0, 0.1) is 0 Å². The van der Waals surface area contributed by atoms with E-state index in [9.17, 15) is 18.3 Å². The van der Waals surface area contributed by atoms with Gasteiger partial charge in [-0.15, -0.1) is 0 Å². The van der Waals surface area contributed by atoms with Gasteiger partial charge in [-0.2, -0.15) is 13.2 Å². The molecule has 0 aliphatic carbocycles. The van der Waals surface area contributed by atoms with Crippen LogP contribution >= 0.6 is 11.6 Å². The highest BCUT2D eigenvalue weighted by Gasteiger charge is 2.30. The van der Waals surface area contributed by atoms with Gasteiger partial charge in [0.15, 0.2) is 0 Å². The molecule has 1 unspecified atom stereocenters. The van der Waals surface area contributed by atoms with E-state index in [2.05, 4.69) is 0 Å². The summed E-state index contributed by atoms with van der Waals surface area (Å²) in [6.07, 6.45) is -4.04. The summed E-state index contributed by atoms with van der Waals surface area (Å²) < 4.78 is 38.1. The SMILES string of the molecule is OCC(Cc1cccc(C(F)(F)F)c1)c1cccc(Cl)c1. The quantitative estimate of drug-likeness (QED) is 0.869. The minimum Gasteiger partial charge on any atom is -0.396 e. The lowest BCUT2D eigenvalue weighted by Crippen LogP contribution is -2.10. The largest absolute Gasteiger partial charge is 0.416 e. The van der Waals surface area contributed by atoms with Crippen LogP contribution in [0.3, 0.4) is 0 Å². The Morgan fingerprint density at radius 1 is 1.05 bits per heavy atom. The number of hydrogen-bond donors (Lipinski definition) is 1. The van der Waals surface area contributed by atoms with E-state index in [1.54, 1.807) is 30.3 Å². The minimum absolute atomic E-state index is 0.156. The van der Waals surface area contributed by atoms with Crippen molar-refractivity contribution in [1.82, 2.24) is 0 Å². The zero-order valence-electron chi connectivity index (χ0n) is 11.1. The lowest BCUT2D eigenvalue weighted by Gasteiger charge is -2.16. The van der Waals surface area contributed by atoms with Gasteiger partial charge in [-0.1, -0.05) is 41.9 Å². The van der Waals surface area contributed by atoms with Crippen molar-refractivity contribution >= 4 is 11.6 Å². The minimum atomic E-state index is -4.36. The molecule has 2 aromatic rings. The van der Waals surface area contributed by atoms with Gasteiger partial charge in [0.1, 0.15) is 0 Å². The molecule has 0 heterocycles. The lowest BCUT2D eigenvalue weighted by molar-refractivity contribution is -0.137. The second-order valence-corrected chi connectivity index (χ2v) is 5.27. The van der Waals surface area contributed by atoms with Gasteiger partial charge in [0.05, 0.1) is 12.2 Å². The molecule has 1 nitrogen and oxygen atoms in total. The van der Waals surface area contributed by atoms with Crippen LogP contribution in [0.1, 0.15) is 22.6 Å². The molecule has 0 fully saturated rings. The second kappa shape index (κ2) is 6.50. The van der Waals surface area contributed by atoms with Gasteiger partial charge in [0, 0.05) is 10.9 Å². The molecule has 112 valence electrons. The van der Waals surface area contributed by atoms with Crippen LogP contribution in [-0.2, 0) is 12.6 Å². The van der Waals surface area contributed by atoms with Crippen molar-refractivity contribution in [2.75, 3.05) is 6.61 Å². The summed E-state index contributed by atoms with van der Waals surface area (Å²) in [4.78, 5) is 0. The van der Waals surface area contributed by atoms with Crippen LogP contribution < -0.4 is 0 Å². The monoisotopic (exact) mass is 314 g/mol. The van der Waals surface area contributed by atoms with Gasteiger partial charge < -0.3 is 5.11 Å². The van der Waals surface area contributed by atoms with E-state index in [0.717, 1.165) is 17.7 Å². The Hall–Kier alpha value is -1.52. The van der Waals surface area contributed by atoms with Crippen molar-refractivity contribution in [2.24, 2.45) is 0 Å². The van der Waals surface area contributed by atoms with Crippen molar-refractivity contribution in [3.05, 3.63) is 70.2 Å². The van der Waals surface area contributed by atoms with E-state index < -0.39 is 11.7 Å². The zero-order valence-corrected chi connectivity index (χ0v) is 11.8. The lowest BCUT2D eigenvalue weighted by atomic mass is 9.92. The fourth-order valence-corrected chi connectivity index (χ4v) is 2.41. The van der Waals surface area contributed by atoms with E-state index in [4.69, 9.17) is 11.6 Å². The normalized spacial score (nSPS) is 13.2. The van der Waals surface area contributed by atoms with Crippen molar-refractivity contribution in [3.8, 4) is 0 Å². The molecule has 1 N–H and O–H groups in total. The first-order valence-electron chi connectivity index (χ1n) is 6.42. The van der Waals surface area contributed by atoms with Crippen molar-refractivity contribution in [3.63, 3.8) is 0 Å². The van der Waals surface area contributed by atoms with Crippen molar-refractivity contribution < 1.29 is 18.3 Å². The topological polar surface area (TPSA) is 20.2 Å². The van der Waals surface area contributed by atoms with E-state index in [-0.39, 0.29) is 12.5 Å². The maximum Gasteiger partial charge on any atom is 0.416 e. The van der Waals surface area contributed by atoms with E-state index in [0.29, 0.717) is 17.0 Å². The third kappa shape index (κ3) is 4.22. The number of aliphatic hydroxyl groups is 1. The molecular weight excluding hydrogens is 301 g/mol. The van der Waals surface area contributed by atoms with Gasteiger partial charge in [0.2, 0.25) is 0 Å². The van der Waals surface area contributed by atoms with E-state index >= 15 is 0 Å². The van der Waals surface area contributed by atoms with Crippen LogP contribution in [0.2, 0.25) is 5.02 Å². The highest BCUT2D eigenvalue weighted by Crippen LogP contribution is 2.31. The Morgan fingerprint density at radius 3 is 2.38 bits per heavy atom. The molecule has 2 rings (SSSR count). The highest BCUT2D eigenvalue weighted by molar-refractivity contribution is 6.30. The van der Waals surface area contributed by atoms with Crippen LogP contribution in [0.4, 0.5) is 13.2 Å². The Bertz CT molecular complexity index is 610. The average molecular weight is 315 g/mol. The molecule has 0 aliphatic rings. The van der Waals surface area contributed by atoms with Crippen LogP contribution in [0.5, 0.6) is 0 Å². The average Bonchev–Trinajstić information content (AvgIpc) is 2.44. The molecule has 2 aromatic carbocycles. The fourth-order valence-electron chi connectivity index (χ4n) is 2.21. The Morgan fingerprint density at radius 2 is 1.76 bits per heavy atom. The van der Waals surface area contributed by atoms with Gasteiger partial charge in [0.25, 0.3) is 0 Å². The number of halogens is 4. The van der Waals surface area contributed by atoms with Crippen molar-refractivity contribution in [2.45, 2.75) is 18.5 Å². The first-order chi connectivity index (χ1) is 9.90. The summed E-state index contributed by atoms with van der Waals surface area (Å²) in [7, 11) is 0. The molecule has 0 saturated heterocycles. The molecule has 0 saturated carbocycles. The predicted octanol–water partition coefficient (Wildman–Crippen LogP) is 4.68. The van der Waals surface area contributed by atoms with Gasteiger partial charge >= 0.3 is 6.18 Å². The number of alkyl halides is 3. The van der Waals surface area contributed by atoms with Crippen LogP contribution in [0.25, 0.3) is 0 Å². The second-order valence-electron chi connectivity index (χ2n) is 4.84. The number of hydrogen-bond acceptors (Lipinski definition) is 1. The zero-order chi connectivity index (χ0) is 15.5. The first kappa shape index (κ1) is 15.9. The maximum atomic E-state index is 12.7. The molecule has 0 amide bonds. The summed E-state index contributed by atoms with van der Waals surface area (Å²) in [5.74, 6) is -0.285. The first-order valence-corrected chi connectivity index (χ1v) is 6.80. The number of benzene rings is 2. The molecule has 0 radical (unpaired) electrons. The molecule has 0 spiro atoms. The maximum absolute atomic E-state index is 12.7. The Labute approximate surface area is 126 Å². The molecular formula is C16H14ClF3O. The summed E-state index contributed by atoms with van der Waals surface area (Å²) in [5, 5.41) is 10.0. The summed E-state index contributed by atoms with van der Waals surface area (Å²) in [6, 6.07) is 12.2. The standard InChI is InChI=1S/C16H14ClF3O/c17-15-6-2-4-12(9-15)13(10-21)7-11-3-1-5-14(8-11)16(18,19)20/h1-6,8-9,13,21H,7,10H2. The molecule has 0 aromatic heterocycles. The van der Waals surface area contributed by atoms with Crippen molar-refractivity contribution in [1.29, 1.82) is 0 Å². The summed E-state index contributed by atoms with van der Waals surface area (Å²) in [6.45, 7) is -0.156. The van der Waals surface area contributed by atoms with Crippen LogP contribution in [-0.4, -0.2) is 11.7 Å². The third-order valence-electron chi connectivity index (χ3n) is 3.28. The molecule has 1 atom stereocenters. The highest BCUT2D eigenvalue weighted by atomic mass is 35.5. The molecule has 21 heavy (non-hydrogen) atoms. The third-order valence-corrected chi connectivity index (χ3v) is 3.51. The summed E-state index contributed by atoms with van der Waals surface area (Å²) in [5.41, 5.74) is 0.661. The predicted molar refractivity (Wildman–Crippen MR) is 76.4 cm³/mol. The van der Waals surface area contributed by atoms with Gasteiger partial charge in [-0.3, -0.25) is 0 Å². The molecule has 5 heteroatoms. The Kier molecular flexibility index (Phi) is 4.91. The number of aliphatic hydroxyl groups excluding tert-OH is 1.